The number of rotatable bonds is 4. The minimum atomic E-state index is -0.264. The highest BCUT2D eigenvalue weighted by Gasteiger charge is 2.30. The first-order valence-electron chi connectivity index (χ1n) is 9.36. The fourth-order valence-corrected chi connectivity index (χ4v) is 3.91. The molecule has 3 aromatic rings. The minimum absolute atomic E-state index is 0.000116. The number of aromatic nitrogens is 1. The second-order valence-electron chi connectivity index (χ2n) is 6.66. The number of hydrogen-bond donors (Lipinski definition) is 1. The van der Waals surface area contributed by atoms with Crippen LogP contribution in [0.25, 0.3) is 0 Å². The zero-order chi connectivity index (χ0) is 19.5. The molecule has 0 fully saturated rings. The Labute approximate surface area is 169 Å². The van der Waals surface area contributed by atoms with Crippen LogP contribution in [0.3, 0.4) is 0 Å². The van der Waals surface area contributed by atoms with Crippen LogP contribution >= 0.6 is 12.2 Å². The molecule has 1 N–H and O–H groups in total. The summed E-state index contributed by atoms with van der Waals surface area (Å²) >= 11 is 5.72. The third kappa shape index (κ3) is 3.73. The molecule has 1 atom stereocenters. The van der Waals surface area contributed by atoms with Crippen LogP contribution in [0.5, 0.6) is 5.75 Å². The Bertz CT molecular complexity index is 953. The zero-order valence-corrected chi connectivity index (χ0v) is 16.5. The highest BCUT2D eigenvalue weighted by molar-refractivity contribution is 7.80. The lowest BCUT2D eigenvalue weighted by atomic mass is 10.00. The largest absolute Gasteiger partial charge is 0.494 e. The molecule has 1 aliphatic heterocycles. The highest BCUT2D eigenvalue weighted by Crippen LogP contribution is 2.33. The van der Waals surface area contributed by atoms with E-state index in [0.29, 0.717) is 11.7 Å². The zero-order valence-electron chi connectivity index (χ0n) is 15.6. The van der Waals surface area contributed by atoms with Crippen molar-refractivity contribution in [1.29, 1.82) is 0 Å². The van der Waals surface area contributed by atoms with Crippen molar-refractivity contribution >= 4 is 23.0 Å². The smallest absolute Gasteiger partial charge is 0.174 e. The first kappa shape index (κ1) is 18.5. The maximum Gasteiger partial charge on any atom is 0.174 e. The Morgan fingerprint density at radius 1 is 1.11 bits per heavy atom. The fraction of sp³-hybridized carbons (Fsp3) is 0.227. The summed E-state index contributed by atoms with van der Waals surface area (Å²) in [7, 11) is 0. The number of nitrogens with zero attached hydrogens (tertiary/aromatic N) is 2. The van der Waals surface area contributed by atoms with E-state index in [4.69, 9.17) is 17.0 Å². The van der Waals surface area contributed by atoms with Gasteiger partial charge in [-0.05, 0) is 73.2 Å². The van der Waals surface area contributed by atoms with E-state index in [1.807, 2.05) is 19.1 Å². The summed E-state index contributed by atoms with van der Waals surface area (Å²) in [5.74, 6) is 0.593. The second kappa shape index (κ2) is 8.02. The normalized spacial score (nSPS) is 15.8. The minimum Gasteiger partial charge on any atom is -0.494 e. The Morgan fingerprint density at radius 2 is 1.86 bits per heavy atom. The predicted molar refractivity (Wildman–Crippen MR) is 113 cm³/mol. The summed E-state index contributed by atoms with van der Waals surface area (Å²) in [6, 6.07) is 18.6. The summed E-state index contributed by atoms with van der Waals surface area (Å²) in [4.78, 5) is 2.18. The van der Waals surface area contributed by atoms with Gasteiger partial charge in [0.25, 0.3) is 0 Å². The van der Waals surface area contributed by atoms with Crippen molar-refractivity contribution in [2.24, 2.45) is 0 Å². The molecule has 0 bridgehead atoms. The maximum absolute atomic E-state index is 13.2. The van der Waals surface area contributed by atoms with Crippen molar-refractivity contribution < 1.29 is 9.13 Å². The number of hydrogen-bond acceptors (Lipinski definition) is 2. The molecule has 2 heterocycles. The van der Waals surface area contributed by atoms with Gasteiger partial charge in [-0.1, -0.05) is 12.1 Å². The molecule has 0 spiro atoms. The average molecular weight is 396 g/mol. The van der Waals surface area contributed by atoms with E-state index >= 15 is 0 Å². The number of halogens is 1. The SMILES string of the molecule is CCOc1ccc(C2c3cccn3CCN2C(=S)Nc2ccc(F)cc2)cc1. The van der Waals surface area contributed by atoms with Gasteiger partial charge in [0.05, 0.1) is 12.6 Å². The molecule has 144 valence electrons. The number of anilines is 1. The van der Waals surface area contributed by atoms with E-state index < -0.39 is 0 Å². The first-order valence-corrected chi connectivity index (χ1v) is 9.77. The molecule has 4 nitrogen and oxygen atoms in total. The van der Waals surface area contributed by atoms with Crippen molar-refractivity contribution in [3.8, 4) is 5.75 Å². The van der Waals surface area contributed by atoms with Gasteiger partial charge in [0.15, 0.2) is 5.11 Å². The van der Waals surface area contributed by atoms with Crippen LogP contribution in [-0.4, -0.2) is 27.7 Å². The van der Waals surface area contributed by atoms with E-state index in [1.165, 1.54) is 17.8 Å². The van der Waals surface area contributed by atoms with E-state index in [0.717, 1.165) is 30.1 Å². The third-order valence-corrected chi connectivity index (χ3v) is 5.24. The van der Waals surface area contributed by atoms with Crippen molar-refractivity contribution in [3.63, 3.8) is 0 Å². The summed E-state index contributed by atoms with van der Waals surface area (Å²) in [6.07, 6.45) is 2.10. The lowest BCUT2D eigenvalue weighted by Crippen LogP contribution is -2.44. The van der Waals surface area contributed by atoms with Gasteiger partial charge < -0.3 is 19.5 Å². The molecular weight excluding hydrogens is 373 g/mol. The summed E-state index contributed by atoms with van der Waals surface area (Å²) in [6.45, 7) is 4.26. The Morgan fingerprint density at radius 3 is 2.57 bits per heavy atom. The Balaban J connectivity index is 1.63. The number of thiocarbonyl (C=S) groups is 1. The van der Waals surface area contributed by atoms with Crippen molar-refractivity contribution in [2.75, 3.05) is 18.5 Å². The van der Waals surface area contributed by atoms with Gasteiger partial charge >= 0.3 is 0 Å². The molecule has 0 amide bonds. The molecule has 0 saturated heterocycles. The van der Waals surface area contributed by atoms with Crippen LogP contribution in [0.15, 0.2) is 66.9 Å². The first-order chi connectivity index (χ1) is 13.7. The van der Waals surface area contributed by atoms with Crippen LogP contribution in [0.2, 0.25) is 0 Å². The molecule has 1 unspecified atom stereocenters. The summed E-state index contributed by atoms with van der Waals surface area (Å²) in [5, 5.41) is 3.87. The quantitative estimate of drug-likeness (QED) is 0.641. The lowest BCUT2D eigenvalue weighted by molar-refractivity contribution is 0.293. The lowest BCUT2D eigenvalue weighted by Gasteiger charge is -2.39. The Kier molecular flexibility index (Phi) is 5.30. The molecule has 6 heteroatoms. The molecule has 1 aromatic heterocycles. The molecule has 1 aliphatic rings. The van der Waals surface area contributed by atoms with Crippen LogP contribution in [0.4, 0.5) is 10.1 Å². The highest BCUT2D eigenvalue weighted by atomic mass is 32.1. The van der Waals surface area contributed by atoms with Gasteiger partial charge in [-0.25, -0.2) is 4.39 Å². The molecule has 0 radical (unpaired) electrons. The predicted octanol–water partition coefficient (Wildman–Crippen LogP) is 4.83. The van der Waals surface area contributed by atoms with Crippen LogP contribution in [0, 0.1) is 5.82 Å². The molecule has 2 aromatic carbocycles. The van der Waals surface area contributed by atoms with E-state index in [-0.39, 0.29) is 11.9 Å². The topological polar surface area (TPSA) is 29.4 Å². The standard InChI is InChI=1S/C22H22FN3OS/c1-2-27-19-11-5-16(6-12-19)21-20-4-3-13-25(20)14-15-26(21)22(28)24-18-9-7-17(23)8-10-18/h3-13,21H,2,14-15H2,1H3,(H,24,28). The molecular formula is C22H22FN3OS. The number of ether oxygens (including phenoxy) is 1. The van der Waals surface area contributed by atoms with Gasteiger partial charge in [0.2, 0.25) is 0 Å². The molecule has 4 rings (SSSR count). The van der Waals surface area contributed by atoms with Gasteiger partial charge in [-0.3, -0.25) is 0 Å². The number of fused-ring (bicyclic) bond motifs is 1. The van der Waals surface area contributed by atoms with Crippen molar-refractivity contribution in [3.05, 3.63) is 83.9 Å². The van der Waals surface area contributed by atoms with E-state index in [9.17, 15) is 4.39 Å². The summed E-state index contributed by atoms with van der Waals surface area (Å²) in [5.41, 5.74) is 3.11. The van der Waals surface area contributed by atoms with Crippen LogP contribution < -0.4 is 10.1 Å². The molecule has 0 aliphatic carbocycles. The maximum atomic E-state index is 13.2. The third-order valence-electron chi connectivity index (χ3n) is 4.90. The van der Waals surface area contributed by atoms with E-state index in [2.05, 4.69) is 45.2 Å². The Hall–Kier alpha value is -2.86. The van der Waals surface area contributed by atoms with E-state index in [1.54, 1.807) is 12.1 Å². The molecule has 28 heavy (non-hydrogen) atoms. The van der Waals surface area contributed by atoms with Crippen LogP contribution in [0.1, 0.15) is 24.2 Å². The van der Waals surface area contributed by atoms with Crippen molar-refractivity contribution in [1.82, 2.24) is 9.47 Å². The van der Waals surface area contributed by atoms with Gasteiger partial charge in [-0.2, -0.15) is 0 Å². The van der Waals surface area contributed by atoms with Crippen LogP contribution in [-0.2, 0) is 6.54 Å². The number of nitrogens with one attached hydrogen (secondary N) is 1. The average Bonchev–Trinajstić information content (AvgIpc) is 3.19. The summed E-state index contributed by atoms with van der Waals surface area (Å²) < 4.78 is 21.0. The van der Waals surface area contributed by atoms with Gasteiger partial charge in [-0.15, -0.1) is 0 Å². The fourth-order valence-electron chi connectivity index (χ4n) is 3.59. The van der Waals surface area contributed by atoms with Gasteiger partial charge in [0, 0.05) is 30.7 Å². The molecule has 0 saturated carbocycles. The monoisotopic (exact) mass is 395 g/mol. The number of benzene rings is 2. The van der Waals surface area contributed by atoms with Crippen molar-refractivity contribution in [2.45, 2.75) is 19.5 Å². The second-order valence-corrected chi connectivity index (χ2v) is 7.05. The van der Waals surface area contributed by atoms with Gasteiger partial charge in [0.1, 0.15) is 11.6 Å².